The average molecular weight is 401 g/mol. The molecule has 3 amide bonds. The summed E-state index contributed by atoms with van der Waals surface area (Å²) in [4.78, 5) is 28.7. The normalized spacial score (nSPS) is 15.7. The van der Waals surface area contributed by atoms with Gasteiger partial charge in [-0.3, -0.25) is 15.0 Å². The highest BCUT2D eigenvalue weighted by atomic mass is 35.5. The lowest BCUT2D eigenvalue weighted by molar-refractivity contribution is -0.124. The van der Waals surface area contributed by atoms with E-state index in [1.54, 1.807) is 0 Å². The molecule has 28 heavy (non-hydrogen) atoms. The number of benzene rings is 2. The minimum absolute atomic E-state index is 0.290. The second kappa shape index (κ2) is 9.57. The van der Waals surface area contributed by atoms with Crippen LogP contribution >= 0.6 is 11.6 Å². The van der Waals surface area contributed by atoms with Crippen LogP contribution in [0, 0.1) is 0 Å². The first-order chi connectivity index (χ1) is 13.5. The zero-order valence-corrected chi connectivity index (χ0v) is 16.7. The molecule has 1 heterocycles. The van der Waals surface area contributed by atoms with E-state index in [4.69, 9.17) is 11.6 Å². The summed E-state index contributed by atoms with van der Waals surface area (Å²) < 4.78 is 0. The van der Waals surface area contributed by atoms with Crippen LogP contribution in [0.5, 0.6) is 0 Å². The van der Waals surface area contributed by atoms with Gasteiger partial charge in [-0.1, -0.05) is 48.0 Å². The van der Waals surface area contributed by atoms with E-state index in [0.29, 0.717) is 11.6 Å². The molecule has 1 saturated heterocycles. The van der Waals surface area contributed by atoms with Gasteiger partial charge in [0.25, 0.3) is 0 Å². The van der Waals surface area contributed by atoms with Gasteiger partial charge < -0.3 is 10.2 Å². The number of carbonyl (C=O) groups excluding carboxylic acids is 2. The molecule has 0 bridgehead atoms. The van der Waals surface area contributed by atoms with E-state index in [0.717, 1.165) is 37.4 Å². The molecule has 0 aromatic heterocycles. The van der Waals surface area contributed by atoms with E-state index >= 15 is 0 Å². The molecule has 3 rings (SSSR count). The minimum Gasteiger partial charge on any atom is -0.369 e. The van der Waals surface area contributed by atoms with Gasteiger partial charge in [-0.25, -0.2) is 4.79 Å². The van der Waals surface area contributed by atoms with Gasteiger partial charge in [0.2, 0.25) is 5.91 Å². The molecule has 2 aromatic rings. The van der Waals surface area contributed by atoms with Crippen molar-refractivity contribution in [3.8, 4) is 0 Å². The summed E-state index contributed by atoms with van der Waals surface area (Å²) >= 11 is 6.07. The van der Waals surface area contributed by atoms with Crippen LogP contribution < -0.4 is 15.5 Å². The van der Waals surface area contributed by atoms with Crippen LogP contribution in [0.25, 0.3) is 0 Å². The third kappa shape index (κ3) is 5.47. The molecule has 0 aliphatic carbocycles. The van der Waals surface area contributed by atoms with Crippen LogP contribution in [0.2, 0.25) is 5.02 Å². The predicted molar refractivity (Wildman–Crippen MR) is 112 cm³/mol. The lowest BCUT2D eigenvalue weighted by Crippen LogP contribution is -2.55. The van der Waals surface area contributed by atoms with Gasteiger partial charge in [-0.2, -0.15) is 0 Å². The van der Waals surface area contributed by atoms with Crippen molar-refractivity contribution in [2.75, 3.05) is 31.1 Å². The summed E-state index contributed by atoms with van der Waals surface area (Å²) in [5.74, 6) is -0.290. The summed E-state index contributed by atoms with van der Waals surface area (Å²) in [6.45, 7) is 5.30. The smallest absolute Gasteiger partial charge is 0.321 e. The predicted octanol–water partition coefficient (Wildman–Crippen LogP) is 2.88. The number of hydrogen-bond acceptors (Lipinski definition) is 4. The van der Waals surface area contributed by atoms with E-state index in [-0.39, 0.29) is 11.9 Å². The number of amides is 3. The van der Waals surface area contributed by atoms with Crippen LogP contribution in [0.3, 0.4) is 0 Å². The summed E-state index contributed by atoms with van der Waals surface area (Å²) in [7, 11) is 0. The van der Waals surface area contributed by atoms with E-state index in [9.17, 15) is 9.59 Å². The van der Waals surface area contributed by atoms with Crippen molar-refractivity contribution in [1.82, 2.24) is 15.5 Å². The monoisotopic (exact) mass is 400 g/mol. The van der Waals surface area contributed by atoms with E-state index in [2.05, 4.69) is 20.4 Å². The minimum atomic E-state index is -0.474. The molecule has 0 radical (unpaired) electrons. The summed E-state index contributed by atoms with van der Waals surface area (Å²) in [5.41, 5.74) is 2.07. The highest BCUT2D eigenvalue weighted by molar-refractivity contribution is 6.30. The molecule has 0 spiro atoms. The Hall–Kier alpha value is -2.57. The standard InChI is InChI=1S/C21H25ClN4O2/c1-16(20(27)24-21(28)23-15-17-6-3-2-4-7-17)25-10-12-26(13-11-25)19-9-5-8-18(22)14-19/h2-9,14,16H,10-13,15H2,1H3,(H2,23,24,27,28)/t16-/m0/s1. The number of nitrogens with zero attached hydrogens (tertiary/aromatic N) is 2. The topological polar surface area (TPSA) is 64.7 Å². The number of hydrogen-bond donors (Lipinski definition) is 2. The molecular formula is C21H25ClN4O2. The van der Waals surface area contributed by atoms with E-state index < -0.39 is 6.03 Å². The molecule has 2 N–H and O–H groups in total. The molecule has 1 aliphatic heterocycles. The number of rotatable bonds is 5. The Balaban J connectivity index is 1.44. The van der Waals surface area contributed by atoms with Crippen molar-refractivity contribution < 1.29 is 9.59 Å². The summed E-state index contributed by atoms with van der Waals surface area (Å²) in [6.07, 6.45) is 0. The van der Waals surface area contributed by atoms with E-state index in [1.165, 1.54) is 0 Å². The Morgan fingerprint density at radius 1 is 1.04 bits per heavy atom. The molecule has 7 heteroatoms. The molecule has 2 aromatic carbocycles. The first-order valence-electron chi connectivity index (χ1n) is 9.40. The molecule has 1 atom stereocenters. The van der Waals surface area contributed by atoms with E-state index in [1.807, 2.05) is 61.5 Å². The molecule has 0 unspecified atom stereocenters. The van der Waals surface area contributed by atoms with Gasteiger partial charge in [0, 0.05) is 43.4 Å². The van der Waals surface area contributed by atoms with Crippen molar-refractivity contribution in [2.45, 2.75) is 19.5 Å². The number of imide groups is 1. The van der Waals surface area contributed by atoms with Gasteiger partial charge in [0.1, 0.15) is 0 Å². The zero-order chi connectivity index (χ0) is 19.9. The van der Waals surface area contributed by atoms with Crippen LogP contribution in [-0.4, -0.2) is 49.1 Å². The molecule has 1 aliphatic rings. The SMILES string of the molecule is C[C@@H](C(=O)NC(=O)NCc1ccccc1)N1CCN(c2cccc(Cl)c2)CC1. The lowest BCUT2D eigenvalue weighted by atomic mass is 10.2. The average Bonchev–Trinajstić information content (AvgIpc) is 2.72. The Bertz CT molecular complexity index is 807. The van der Waals surface area contributed by atoms with Gasteiger partial charge in [-0.15, -0.1) is 0 Å². The fourth-order valence-corrected chi connectivity index (χ4v) is 3.43. The fourth-order valence-electron chi connectivity index (χ4n) is 3.24. The third-order valence-corrected chi connectivity index (χ3v) is 5.18. The number of piperazine rings is 1. The molecule has 0 saturated carbocycles. The fraction of sp³-hybridized carbons (Fsp3) is 0.333. The van der Waals surface area contributed by atoms with Crippen LogP contribution in [0.15, 0.2) is 54.6 Å². The third-order valence-electron chi connectivity index (χ3n) is 4.95. The second-order valence-electron chi connectivity index (χ2n) is 6.84. The van der Waals surface area contributed by atoms with Crippen molar-refractivity contribution in [1.29, 1.82) is 0 Å². The zero-order valence-electron chi connectivity index (χ0n) is 15.9. The Labute approximate surface area is 170 Å². The highest BCUT2D eigenvalue weighted by Crippen LogP contribution is 2.21. The van der Waals surface area contributed by atoms with Crippen LogP contribution in [-0.2, 0) is 11.3 Å². The highest BCUT2D eigenvalue weighted by Gasteiger charge is 2.26. The number of halogens is 1. The largest absolute Gasteiger partial charge is 0.369 e. The molecule has 1 fully saturated rings. The first kappa shape index (κ1) is 20.2. The molecule has 148 valence electrons. The molecule has 6 nitrogen and oxygen atoms in total. The Morgan fingerprint density at radius 3 is 2.43 bits per heavy atom. The van der Waals surface area contributed by atoms with Crippen molar-refractivity contribution in [3.05, 3.63) is 65.2 Å². The second-order valence-corrected chi connectivity index (χ2v) is 7.27. The number of carbonyl (C=O) groups is 2. The maximum absolute atomic E-state index is 12.4. The van der Waals surface area contributed by atoms with Crippen molar-refractivity contribution in [3.63, 3.8) is 0 Å². The summed E-state index contributed by atoms with van der Waals surface area (Å²) in [6, 6.07) is 16.5. The van der Waals surface area contributed by atoms with Gasteiger partial charge in [0.15, 0.2) is 0 Å². The van der Waals surface area contributed by atoms with Crippen molar-refractivity contribution >= 4 is 29.2 Å². The van der Waals surface area contributed by atoms with Crippen LogP contribution in [0.4, 0.5) is 10.5 Å². The lowest BCUT2D eigenvalue weighted by Gasteiger charge is -2.38. The van der Waals surface area contributed by atoms with Gasteiger partial charge >= 0.3 is 6.03 Å². The Kier molecular flexibility index (Phi) is 6.90. The molecular weight excluding hydrogens is 376 g/mol. The quantitative estimate of drug-likeness (QED) is 0.810. The first-order valence-corrected chi connectivity index (χ1v) is 9.78. The maximum atomic E-state index is 12.4. The number of anilines is 1. The van der Waals surface area contributed by atoms with Gasteiger partial charge in [-0.05, 0) is 30.7 Å². The summed E-state index contributed by atoms with van der Waals surface area (Å²) in [5, 5.41) is 5.86. The number of nitrogens with one attached hydrogen (secondary N) is 2. The van der Waals surface area contributed by atoms with Crippen LogP contribution in [0.1, 0.15) is 12.5 Å². The maximum Gasteiger partial charge on any atom is 0.321 e. The number of urea groups is 1. The van der Waals surface area contributed by atoms with Crippen molar-refractivity contribution in [2.24, 2.45) is 0 Å². The van der Waals surface area contributed by atoms with Gasteiger partial charge in [0.05, 0.1) is 6.04 Å². The Morgan fingerprint density at radius 2 is 1.75 bits per heavy atom.